The van der Waals surface area contributed by atoms with Crippen LogP contribution in [0.15, 0.2) is 29.3 Å². The van der Waals surface area contributed by atoms with E-state index in [4.69, 9.17) is 0 Å². The fourth-order valence-corrected chi connectivity index (χ4v) is 2.14. The maximum absolute atomic E-state index is 4.64. The monoisotopic (exact) mass is 415 g/mol. The Morgan fingerprint density at radius 2 is 2.05 bits per heavy atom. The number of aromatic nitrogens is 2. The molecule has 22 heavy (non-hydrogen) atoms. The van der Waals surface area contributed by atoms with Crippen LogP contribution in [-0.2, 0) is 13.6 Å². The molecule has 0 saturated heterocycles. The molecule has 122 valence electrons. The Bertz CT molecular complexity index is 620. The second kappa shape index (κ2) is 8.97. The van der Waals surface area contributed by atoms with Gasteiger partial charge in [-0.15, -0.1) is 24.0 Å². The predicted molar refractivity (Wildman–Crippen MR) is 104 cm³/mol. The van der Waals surface area contributed by atoms with Gasteiger partial charge in [0.2, 0.25) is 0 Å². The third kappa shape index (κ3) is 4.59. The third-order valence-corrected chi connectivity index (χ3v) is 3.60. The molecule has 2 N–H and O–H groups in total. The van der Waals surface area contributed by atoms with Crippen molar-refractivity contribution in [1.29, 1.82) is 0 Å². The molecule has 0 aliphatic carbocycles. The van der Waals surface area contributed by atoms with Crippen molar-refractivity contribution < 1.29 is 0 Å². The standard InChI is InChI=1S/C16H25N5.HI/c1-5-12(3)19-16(17-6-2)18-11-15-20-13-9-7-8-10-14(13)21(15)4;/h7-10,12H,5-6,11H2,1-4H3,(H2,17,18,19);1H. The summed E-state index contributed by atoms with van der Waals surface area (Å²) in [6.07, 6.45) is 1.07. The Labute approximate surface area is 149 Å². The van der Waals surface area contributed by atoms with Crippen molar-refractivity contribution in [1.82, 2.24) is 20.2 Å². The molecular weight excluding hydrogens is 389 g/mol. The van der Waals surface area contributed by atoms with Crippen LogP contribution < -0.4 is 10.6 Å². The van der Waals surface area contributed by atoms with Gasteiger partial charge in [0.25, 0.3) is 0 Å². The molecule has 0 bridgehead atoms. The van der Waals surface area contributed by atoms with Crippen LogP contribution in [0.25, 0.3) is 11.0 Å². The number of aliphatic imine (C=N–C) groups is 1. The van der Waals surface area contributed by atoms with E-state index in [1.165, 1.54) is 0 Å². The van der Waals surface area contributed by atoms with Crippen molar-refractivity contribution in [2.45, 2.75) is 39.8 Å². The molecule has 0 aliphatic heterocycles. The lowest BCUT2D eigenvalue weighted by atomic mass is 10.3. The number of benzene rings is 1. The van der Waals surface area contributed by atoms with Gasteiger partial charge in [0.05, 0.1) is 11.0 Å². The molecule has 0 fully saturated rings. The molecule has 1 aromatic heterocycles. The van der Waals surface area contributed by atoms with Gasteiger partial charge in [0.1, 0.15) is 12.4 Å². The number of aryl methyl sites for hydroxylation is 1. The van der Waals surface area contributed by atoms with E-state index in [-0.39, 0.29) is 24.0 Å². The van der Waals surface area contributed by atoms with E-state index in [1.54, 1.807) is 0 Å². The summed E-state index contributed by atoms with van der Waals surface area (Å²) in [5.41, 5.74) is 2.16. The number of imidazole rings is 1. The zero-order valence-corrected chi connectivity index (χ0v) is 16.1. The van der Waals surface area contributed by atoms with E-state index in [1.807, 2.05) is 25.2 Å². The Morgan fingerprint density at radius 1 is 1.32 bits per heavy atom. The number of hydrogen-bond donors (Lipinski definition) is 2. The topological polar surface area (TPSA) is 54.2 Å². The lowest BCUT2D eigenvalue weighted by molar-refractivity contribution is 0.623. The van der Waals surface area contributed by atoms with E-state index in [0.29, 0.717) is 12.6 Å². The Balaban J connectivity index is 0.00000242. The molecule has 1 aromatic carbocycles. The lowest BCUT2D eigenvalue weighted by Gasteiger charge is -2.16. The molecule has 5 nitrogen and oxygen atoms in total. The summed E-state index contributed by atoms with van der Waals surface area (Å²) in [5.74, 6) is 1.82. The quantitative estimate of drug-likeness (QED) is 0.449. The summed E-state index contributed by atoms with van der Waals surface area (Å²) < 4.78 is 2.10. The Kier molecular flexibility index (Phi) is 7.64. The average molecular weight is 415 g/mol. The molecule has 6 heteroatoms. The number of nitrogens with zero attached hydrogens (tertiary/aromatic N) is 3. The highest BCUT2D eigenvalue weighted by atomic mass is 127. The van der Waals surface area contributed by atoms with Gasteiger partial charge in [-0.2, -0.15) is 0 Å². The SMILES string of the molecule is CCNC(=NCc1nc2ccccc2n1C)NC(C)CC.I. The smallest absolute Gasteiger partial charge is 0.191 e. The van der Waals surface area contributed by atoms with Gasteiger partial charge in [0.15, 0.2) is 5.96 Å². The van der Waals surface area contributed by atoms with Crippen LogP contribution in [-0.4, -0.2) is 28.1 Å². The summed E-state index contributed by atoms with van der Waals surface area (Å²) in [6, 6.07) is 8.56. The van der Waals surface area contributed by atoms with E-state index in [2.05, 4.69) is 52.0 Å². The van der Waals surface area contributed by atoms with Crippen molar-refractivity contribution in [3.63, 3.8) is 0 Å². The number of halogens is 1. The highest BCUT2D eigenvalue weighted by Gasteiger charge is 2.07. The molecule has 0 radical (unpaired) electrons. The van der Waals surface area contributed by atoms with Gasteiger partial charge in [-0.3, -0.25) is 0 Å². The van der Waals surface area contributed by atoms with Gasteiger partial charge in [0, 0.05) is 19.6 Å². The number of para-hydroxylation sites is 2. The summed E-state index contributed by atoms with van der Waals surface area (Å²) in [7, 11) is 2.04. The minimum absolute atomic E-state index is 0. The van der Waals surface area contributed by atoms with Gasteiger partial charge in [-0.1, -0.05) is 19.1 Å². The number of hydrogen-bond acceptors (Lipinski definition) is 2. The molecule has 0 aliphatic rings. The summed E-state index contributed by atoms with van der Waals surface area (Å²) >= 11 is 0. The van der Waals surface area contributed by atoms with Crippen molar-refractivity contribution in [3.8, 4) is 0 Å². The normalized spacial score (nSPS) is 12.8. The average Bonchev–Trinajstić information content (AvgIpc) is 2.82. The minimum atomic E-state index is 0. The van der Waals surface area contributed by atoms with Crippen LogP contribution in [0.2, 0.25) is 0 Å². The summed E-state index contributed by atoms with van der Waals surface area (Å²) in [6.45, 7) is 7.80. The fraction of sp³-hybridized carbons (Fsp3) is 0.500. The van der Waals surface area contributed by atoms with E-state index >= 15 is 0 Å². The van der Waals surface area contributed by atoms with Crippen molar-refractivity contribution in [2.24, 2.45) is 12.0 Å². The van der Waals surface area contributed by atoms with Gasteiger partial charge in [-0.25, -0.2) is 9.98 Å². The fourth-order valence-electron chi connectivity index (χ4n) is 2.14. The lowest BCUT2D eigenvalue weighted by Crippen LogP contribution is -2.42. The van der Waals surface area contributed by atoms with Gasteiger partial charge < -0.3 is 15.2 Å². The zero-order valence-electron chi connectivity index (χ0n) is 13.8. The zero-order chi connectivity index (χ0) is 15.2. The summed E-state index contributed by atoms with van der Waals surface area (Å²) in [4.78, 5) is 9.28. The minimum Gasteiger partial charge on any atom is -0.357 e. The van der Waals surface area contributed by atoms with Crippen LogP contribution in [0.5, 0.6) is 0 Å². The molecule has 2 aromatic rings. The van der Waals surface area contributed by atoms with Crippen LogP contribution in [0, 0.1) is 0 Å². The third-order valence-electron chi connectivity index (χ3n) is 3.60. The Morgan fingerprint density at radius 3 is 2.68 bits per heavy atom. The van der Waals surface area contributed by atoms with Crippen LogP contribution in [0.3, 0.4) is 0 Å². The molecular formula is C16H26IN5. The first-order chi connectivity index (χ1) is 10.2. The summed E-state index contributed by atoms with van der Waals surface area (Å²) in [5, 5.41) is 6.67. The molecule has 0 saturated carbocycles. The first-order valence-corrected chi connectivity index (χ1v) is 7.60. The van der Waals surface area contributed by atoms with E-state index in [0.717, 1.165) is 35.8 Å². The maximum Gasteiger partial charge on any atom is 0.191 e. The van der Waals surface area contributed by atoms with E-state index < -0.39 is 0 Å². The van der Waals surface area contributed by atoms with Crippen LogP contribution in [0.1, 0.15) is 33.0 Å². The predicted octanol–water partition coefficient (Wildman–Crippen LogP) is 3.04. The highest BCUT2D eigenvalue weighted by Crippen LogP contribution is 2.14. The first-order valence-electron chi connectivity index (χ1n) is 7.60. The number of fused-ring (bicyclic) bond motifs is 1. The Hall–Kier alpha value is -1.31. The second-order valence-electron chi connectivity index (χ2n) is 5.22. The van der Waals surface area contributed by atoms with Crippen molar-refractivity contribution in [2.75, 3.05) is 6.54 Å². The number of rotatable bonds is 5. The van der Waals surface area contributed by atoms with Crippen LogP contribution in [0.4, 0.5) is 0 Å². The molecule has 1 atom stereocenters. The molecule has 0 spiro atoms. The maximum atomic E-state index is 4.64. The molecule has 0 amide bonds. The number of guanidine groups is 1. The van der Waals surface area contributed by atoms with E-state index in [9.17, 15) is 0 Å². The second-order valence-corrected chi connectivity index (χ2v) is 5.22. The van der Waals surface area contributed by atoms with Crippen molar-refractivity contribution >= 4 is 41.0 Å². The molecule has 2 rings (SSSR count). The number of nitrogens with one attached hydrogen (secondary N) is 2. The first kappa shape index (κ1) is 18.7. The highest BCUT2D eigenvalue weighted by molar-refractivity contribution is 14.0. The van der Waals surface area contributed by atoms with Crippen molar-refractivity contribution in [3.05, 3.63) is 30.1 Å². The largest absolute Gasteiger partial charge is 0.357 e. The molecule has 1 heterocycles. The van der Waals surface area contributed by atoms with Gasteiger partial charge in [-0.05, 0) is 32.4 Å². The molecule has 1 unspecified atom stereocenters. The van der Waals surface area contributed by atoms with Gasteiger partial charge >= 0.3 is 0 Å². The van der Waals surface area contributed by atoms with Crippen LogP contribution >= 0.6 is 24.0 Å².